The third kappa shape index (κ3) is 1.61. The number of aldehydes is 1. The van der Waals surface area contributed by atoms with Crippen molar-refractivity contribution in [2.45, 2.75) is 0 Å². The summed E-state index contributed by atoms with van der Waals surface area (Å²) in [5, 5.41) is 0. The summed E-state index contributed by atoms with van der Waals surface area (Å²) in [5.74, 6) is 0. The van der Waals surface area contributed by atoms with Crippen molar-refractivity contribution in [3.05, 3.63) is 40.8 Å². The summed E-state index contributed by atoms with van der Waals surface area (Å²) in [5.41, 5.74) is 2.10. The molecule has 1 aromatic heterocycles. The van der Waals surface area contributed by atoms with Crippen molar-refractivity contribution in [1.82, 2.24) is 9.97 Å². The lowest BCUT2D eigenvalue weighted by Gasteiger charge is -1.98. The summed E-state index contributed by atoms with van der Waals surface area (Å²) in [7, 11) is 0. The van der Waals surface area contributed by atoms with Crippen LogP contribution in [0, 0.1) is 0 Å². The van der Waals surface area contributed by atoms with Gasteiger partial charge in [0.1, 0.15) is 5.69 Å². The van der Waals surface area contributed by atoms with Crippen LogP contribution >= 0.6 is 15.9 Å². The summed E-state index contributed by atoms with van der Waals surface area (Å²) in [6.07, 6.45) is 2.28. The van der Waals surface area contributed by atoms with E-state index in [4.69, 9.17) is 0 Å². The van der Waals surface area contributed by atoms with E-state index in [-0.39, 0.29) is 0 Å². The Morgan fingerprint density at radius 3 is 3.00 bits per heavy atom. The Morgan fingerprint density at radius 1 is 1.43 bits per heavy atom. The molecule has 1 heterocycles. The summed E-state index contributed by atoms with van der Waals surface area (Å²) in [4.78, 5) is 17.5. The number of aromatic nitrogens is 2. The molecular formula is C10H7BrN2O. The van der Waals surface area contributed by atoms with Gasteiger partial charge in [-0.3, -0.25) is 4.79 Å². The van der Waals surface area contributed by atoms with E-state index in [1.807, 2.05) is 24.3 Å². The van der Waals surface area contributed by atoms with E-state index in [1.165, 1.54) is 6.33 Å². The van der Waals surface area contributed by atoms with Crippen LogP contribution in [0.15, 0.2) is 35.1 Å². The van der Waals surface area contributed by atoms with Crippen LogP contribution in [0.1, 0.15) is 10.5 Å². The number of nitrogens with zero attached hydrogens (tertiary/aromatic N) is 1. The number of halogens is 1. The minimum Gasteiger partial charge on any atom is -0.342 e. The van der Waals surface area contributed by atoms with Gasteiger partial charge in [0.25, 0.3) is 0 Å². The third-order valence-corrected chi connectivity index (χ3v) is 2.38. The van der Waals surface area contributed by atoms with Gasteiger partial charge in [-0.05, 0) is 12.1 Å². The minimum atomic E-state index is 0.503. The van der Waals surface area contributed by atoms with Gasteiger partial charge in [-0.25, -0.2) is 4.98 Å². The molecule has 0 fully saturated rings. The molecular weight excluding hydrogens is 244 g/mol. The van der Waals surface area contributed by atoms with Gasteiger partial charge in [-0.2, -0.15) is 0 Å². The van der Waals surface area contributed by atoms with E-state index in [1.54, 1.807) is 0 Å². The zero-order valence-electron chi connectivity index (χ0n) is 7.20. The largest absolute Gasteiger partial charge is 0.342 e. The average molecular weight is 251 g/mol. The number of imidazole rings is 1. The molecule has 14 heavy (non-hydrogen) atoms. The van der Waals surface area contributed by atoms with Crippen molar-refractivity contribution < 1.29 is 4.79 Å². The summed E-state index contributed by atoms with van der Waals surface area (Å²) >= 11 is 3.37. The molecule has 0 atom stereocenters. The average Bonchev–Trinajstić information content (AvgIpc) is 2.65. The molecule has 0 saturated carbocycles. The lowest BCUT2D eigenvalue weighted by molar-refractivity contribution is 0.112. The van der Waals surface area contributed by atoms with Gasteiger partial charge in [-0.1, -0.05) is 28.1 Å². The molecule has 0 amide bonds. The quantitative estimate of drug-likeness (QED) is 0.834. The van der Waals surface area contributed by atoms with Crippen molar-refractivity contribution in [3.8, 4) is 11.3 Å². The first kappa shape index (κ1) is 9.15. The number of carbonyl (C=O) groups excluding carboxylic acids is 1. The smallest absolute Gasteiger partial charge is 0.168 e. The number of nitrogens with one attached hydrogen (secondary N) is 1. The number of rotatable bonds is 2. The predicted octanol–water partition coefficient (Wildman–Crippen LogP) is 2.65. The molecule has 2 rings (SSSR count). The Balaban J connectivity index is 2.54. The predicted molar refractivity (Wildman–Crippen MR) is 57.1 cm³/mol. The first-order valence-corrected chi connectivity index (χ1v) is 4.85. The number of hydrogen-bond acceptors (Lipinski definition) is 2. The van der Waals surface area contributed by atoms with Crippen LogP contribution in [0.4, 0.5) is 0 Å². The molecule has 0 bridgehead atoms. The van der Waals surface area contributed by atoms with Crippen molar-refractivity contribution in [2.24, 2.45) is 0 Å². The van der Waals surface area contributed by atoms with E-state index in [9.17, 15) is 4.79 Å². The van der Waals surface area contributed by atoms with Gasteiger partial charge in [0, 0.05) is 10.0 Å². The summed E-state index contributed by atoms with van der Waals surface area (Å²) in [6.45, 7) is 0. The number of H-pyrrole nitrogens is 1. The highest BCUT2D eigenvalue weighted by molar-refractivity contribution is 9.10. The van der Waals surface area contributed by atoms with Crippen molar-refractivity contribution in [1.29, 1.82) is 0 Å². The Hall–Kier alpha value is -1.42. The molecule has 1 aromatic carbocycles. The van der Waals surface area contributed by atoms with E-state index < -0.39 is 0 Å². The number of benzene rings is 1. The SMILES string of the molecule is O=Cc1[nH]cnc1-c1cccc(Br)c1. The van der Waals surface area contributed by atoms with E-state index in [0.717, 1.165) is 16.3 Å². The molecule has 0 radical (unpaired) electrons. The molecule has 1 N–H and O–H groups in total. The molecule has 0 aliphatic rings. The molecule has 0 aliphatic carbocycles. The molecule has 70 valence electrons. The highest BCUT2D eigenvalue weighted by Crippen LogP contribution is 2.22. The molecule has 0 unspecified atom stereocenters. The highest BCUT2D eigenvalue weighted by Gasteiger charge is 2.06. The second-order valence-electron chi connectivity index (χ2n) is 2.79. The molecule has 0 saturated heterocycles. The maximum absolute atomic E-state index is 10.7. The van der Waals surface area contributed by atoms with Gasteiger partial charge in [0.05, 0.1) is 12.0 Å². The Morgan fingerprint density at radius 2 is 2.29 bits per heavy atom. The fourth-order valence-electron chi connectivity index (χ4n) is 1.26. The molecule has 3 nitrogen and oxygen atoms in total. The topological polar surface area (TPSA) is 45.8 Å². The number of carbonyl (C=O) groups is 1. The van der Waals surface area contributed by atoms with E-state index in [2.05, 4.69) is 25.9 Å². The van der Waals surface area contributed by atoms with E-state index >= 15 is 0 Å². The molecule has 4 heteroatoms. The van der Waals surface area contributed by atoms with Gasteiger partial charge in [-0.15, -0.1) is 0 Å². The maximum Gasteiger partial charge on any atom is 0.168 e. The van der Waals surface area contributed by atoms with Crippen LogP contribution < -0.4 is 0 Å². The third-order valence-electron chi connectivity index (χ3n) is 1.88. The second-order valence-corrected chi connectivity index (χ2v) is 3.71. The monoisotopic (exact) mass is 250 g/mol. The first-order chi connectivity index (χ1) is 6.81. The standard InChI is InChI=1S/C10H7BrN2O/c11-8-3-1-2-7(4-8)10-9(5-14)12-6-13-10/h1-6H,(H,12,13). The van der Waals surface area contributed by atoms with Crippen molar-refractivity contribution in [3.63, 3.8) is 0 Å². The van der Waals surface area contributed by atoms with Gasteiger partial charge in [0.15, 0.2) is 6.29 Å². The lowest BCUT2D eigenvalue weighted by Crippen LogP contribution is -1.85. The highest BCUT2D eigenvalue weighted by atomic mass is 79.9. The maximum atomic E-state index is 10.7. The summed E-state index contributed by atoms with van der Waals surface area (Å²) in [6, 6.07) is 7.66. The fourth-order valence-corrected chi connectivity index (χ4v) is 1.66. The molecule has 0 aliphatic heterocycles. The Labute approximate surface area is 89.3 Å². The normalized spacial score (nSPS) is 10.1. The van der Waals surface area contributed by atoms with Crippen molar-refractivity contribution in [2.75, 3.05) is 0 Å². The van der Waals surface area contributed by atoms with Gasteiger partial charge < -0.3 is 4.98 Å². The Kier molecular flexibility index (Phi) is 2.45. The van der Waals surface area contributed by atoms with Gasteiger partial charge >= 0.3 is 0 Å². The number of hydrogen-bond donors (Lipinski definition) is 1. The van der Waals surface area contributed by atoms with Crippen LogP contribution in [0.25, 0.3) is 11.3 Å². The van der Waals surface area contributed by atoms with Crippen LogP contribution in [0.3, 0.4) is 0 Å². The zero-order chi connectivity index (χ0) is 9.97. The lowest BCUT2D eigenvalue weighted by atomic mass is 10.1. The Bertz CT molecular complexity index is 465. The van der Waals surface area contributed by atoms with Crippen LogP contribution in [0.2, 0.25) is 0 Å². The summed E-state index contributed by atoms with van der Waals surface area (Å²) < 4.78 is 0.967. The zero-order valence-corrected chi connectivity index (χ0v) is 8.78. The van der Waals surface area contributed by atoms with Crippen molar-refractivity contribution >= 4 is 22.2 Å². The van der Waals surface area contributed by atoms with Crippen LogP contribution in [-0.2, 0) is 0 Å². The molecule has 0 spiro atoms. The minimum absolute atomic E-state index is 0.503. The fraction of sp³-hybridized carbons (Fsp3) is 0. The van der Waals surface area contributed by atoms with Gasteiger partial charge in [0.2, 0.25) is 0 Å². The molecule has 2 aromatic rings. The van der Waals surface area contributed by atoms with Crippen LogP contribution in [-0.4, -0.2) is 16.3 Å². The van der Waals surface area contributed by atoms with E-state index in [0.29, 0.717) is 11.4 Å². The number of aromatic amines is 1. The second kappa shape index (κ2) is 3.75. The first-order valence-electron chi connectivity index (χ1n) is 4.06. The van der Waals surface area contributed by atoms with Crippen LogP contribution in [0.5, 0.6) is 0 Å².